The summed E-state index contributed by atoms with van der Waals surface area (Å²) in [5.74, 6) is -0.931. The van der Waals surface area contributed by atoms with Crippen LogP contribution in [0.5, 0.6) is 0 Å². The second-order valence-electron chi connectivity index (χ2n) is 5.22. The van der Waals surface area contributed by atoms with Crippen molar-refractivity contribution in [3.8, 4) is 0 Å². The Morgan fingerprint density at radius 3 is 2.45 bits per heavy atom. The predicted octanol–water partition coefficient (Wildman–Crippen LogP) is 2.59. The molecule has 2 N–H and O–H groups in total. The Bertz CT molecular complexity index is 496. The van der Waals surface area contributed by atoms with E-state index < -0.39 is 5.97 Å². The van der Waals surface area contributed by atoms with Crippen molar-refractivity contribution in [2.75, 3.05) is 0 Å². The van der Waals surface area contributed by atoms with Crippen molar-refractivity contribution in [3.63, 3.8) is 0 Å². The molecule has 0 atom stereocenters. The van der Waals surface area contributed by atoms with Crippen LogP contribution < -0.4 is 5.32 Å². The first-order valence-electron chi connectivity index (χ1n) is 6.82. The van der Waals surface area contributed by atoms with Crippen molar-refractivity contribution in [2.45, 2.75) is 38.1 Å². The summed E-state index contributed by atoms with van der Waals surface area (Å²) in [6.07, 6.45) is 3.22. The number of carboxylic acid groups (broad SMARTS) is 1. The van der Waals surface area contributed by atoms with Gasteiger partial charge in [-0.1, -0.05) is 18.2 Å². The third-order valence-corrected chi connectivity index (χ3v) is 4.80. The van der Waals surface area contributed by atoms with E-state index in [1.54, 1.807) is 0 Å². The summed E-state index contributed by atoms with van der Waals surface area (Å²) in [5.41, 5.74) is 1.03. The fourth-order valence-electron chi connectivity index (χ4n) is 2.58. The van der Waals surface area contributed by atoms with E-state index in [0.717, 1.165) is 22.0 Å². The predicted molar refractivity (Wildman–Crippen MR) is 84.4 cm³/mol. The van der Waals surface area contributed by atoms with Gasteiger partial charge in [0.05, 0.1) is 12.3 Å². The van der Waals surface area contributed by atoms with E-state index in [0.29, 0.717) is 19.3 Å². The van der Waals surface area contributed by atoms with Crippen LogP contribution in [-0.2, 0) is 16.0 Å². The molecule has 2 rings (SSSR count). The third-order valence-electron chi connectivity index (χ3n) is 3.75. The van der Waals surface area contributed by atoms with Crippen molar-refractivity contribution in [1.29, 1.82) is 0 Å². The highest BCUT2D eigenvalue weighted by atomic mass is 127. The van der Waals surface area contributed by atoms with Crippen molar-refractivity contribution >= 4 is 34.5 Å². The molecular formula is C15H18INO3. The highest BCUT2D eigenvalue weighted by Gasteiger charge is 2.26. The number of amides is 1. The summed E-state index contributed by atoms with van der Waals surface area (Å²) in [6.45, 7) is 0. The van der Waals surface area contributed by atoms with Gasteiger partial charge in [0, 0.05) is 9.61 Å². The van der Waals surface area contributed by atoms with E-state index in [4.69, 9.17) is 5.11 Å². The molecule has 1 aliphatic carbocycles. The molecule has 0 saturated heterocycles. The summed E-state index contributed by atoms with van der Waals surface area (Å²) < 4.78 is 1.09. The number of rotatable bonds is 4. The Balaban J connectivity index is 1.81. The number of carbonyl (C=O) groups excluding carboxylic acids is 1. The van der Waals surface area contributed by atoms with Crippen molar-refractivity contribution in [2.24, 2.45) is 5.92 Å². The minimum absolute atomic E-state index is 0.0212. The molecule has 0 heterocycles. The molecule has 1 aromatic rings. The molecular weight excluding hydrogens is 369 g/mol. The largest absolute Gasteiger partial charge is 0.481 e. The standard InChI is InChI=1S/C15H18INO3/c16-13-4-2-1-3-11(13)9-14(18)17-12-7-5-10(6-8-12)15(19)20/h1-4,10,12H,5-9H2,(H,17,18)(H,19,20). The summed E-state index contributed by atoms with van der Waals surface area (Å²) in [7, 11) is 0. The van der Waals surface area contributed by atoms with E-state index >= 15 is 0 Å². The molecule has 108 valence electrons. The zero-order chi connectivity index (χ0) is 14.5. The van der Waals surface area contributed by atoms with Crippen LogP contribution >= 0.6 is 22.6 Å². The van der Waals surface area contributed by atoms with Gasteiger partial charge >= 0.3 is 5.97 Å². The molecule has 0 aliphatic heterocycles. The molecule has 5 heteroatoms. The Morgan fingerprint density at radius 1 is 1.20 bits per heavy atom. The Kier molecular flexibility index (Phi) is 5.39. The van der Waals surface area contributed by atoms with Gasteiger partial charge in [-0.15, -0.1) is 0 Å². The van der Waals surface area contributed by atoms with E-state index in [1.807, 2.05) is 24.3 Å². The van der Waals surface area contributed by atoms with Crippen LogP contribution in [0.2, 0.25) is 0 Å². The number of hydrogen-bond acceptors (Lipinski definition) is 2. The number of halogens is 1. The van der Waals surface area contributed by atoms with Crippen LogP contribution in [0.15, 0.2) is 24.3 Å². The minimum Gasteiger partial charge on any atom is -0.481 e. The van der Waals surface area contributed by atoms with Gasteiger partial charge in [0.2, 0.25) is 5.91 Å². The molecule has 20 heavy (non-hydrogen) atoms. The van der Waals surface area contributed by atoms with E-state index in [-0.39, 0.29) is 17.9 Å². The Morgan fingerprint density at radius 2 is 1.85 bits per heavy atom. The smallest absolute Gasteiger partial charge is 0.306 e. The summed E-state index contributed by atoms with van der Waals surface area (Å²) >= 11 is 2.23. The van der Waals surface area contributed by atoms with Crippen LogP contribution in [0.25, 0.3) is 0 Å². The maximum absolute atomic E-state index is 12.0. The lowest BCUT2D eigenvalue weighted by molar-refractivity contribution is -0.142. The number of carbonyl (C=O) groups is 2. The lowest BCUT2D eigenvalue weighted by Crippen LogP contribution is -2.39. The molecule has 4 nitrogen and oxygen atoms in total. The first-order chi connectivity index (χ1) is 9.56. The first kappa shape index (κ1) is 15.3. The van der Waals surface area contributed by atoms with Gasteiger partial charge in [0.15, 0.2) is 0 Å². The maximum Gasteiger partial charge on any atom is 0.306 e. The van der Waals surface area contributed by atoms with Crippen molar-refractivity contribution < 1.29 is 14.7 Å². The van der Waals surface area contributed by atoms with Crippen molar-refractivity contribution in [1.82, 2.24) is 5.32 Å². The van der Waals surface area contributed by atoms with E-state index in [9.17, 15) is 9.59 Å². The number of hydrogen-bond donors (Lipinski definition) is 2. The summed E-state index contributed by atoms with van der Waals surface area (Å²) in [4.78, 5) is 22.9. The van der Waals surface area contributed by atoms with Crippen LogP contribution in [0.3, 0.4) is 0 Å². The van der Waals surface area contributed by atoms with Crippen LogP contribution in [0.1, 0.15) is 31.2 Å². The average Bonchev–Trinajstić information content (AvgIpc) is 2.42. The molecule has 0 unspecified atom stereocenters. The van der Waals surface area contributed by atoms with Gasteiger partial charge in [-0.05, 0) is 59.9 Å². The molecule has 0 spiro atoms. The zero-order valence-electron chi connectivity index (χ0n) is 11.1. The number of nitrogens with one attached hydrogen (secondary N) is 1. The summed E-state index contributed by atoms with van der Waals surface area (Å²) in [6, 6.07) is 7.96. The van der Waals surface area contributed by atoms with Gasteiger partial charge in [0.25, 0.3) is 0 Å². The highest BCUT2D eigenvalue weighted by molar-refractivity contribution is 14.1. The second-order valence-corrected chi connectivity index (χ2v) is 6.38. The van der Waals surface area contributed by atoms with E-state index in [2.05, 4.69) is 27.9 Å². The van der Waals surface area contributed by atoms with Crippen LogP contribution in [0.4, 0.5) is 0 Å². The first-order valence-corrected chi connectivity index (χ1v) is 7.89. The number of aliphatic carboxylic acids is 1. The van der Waals surface area contributed by atoms with Gasteiger partial charge < -0.3 is 10.4 Å². The molecule has 1 fully saturated rings. The minimum atomic E-state index is -0.714. The number of carboxylic acids is 1. The molecule has 0 bridgehead atoms. The quantitative estimate of drug-likeness (QED) is 0.781. The van der Waals surface area contributed by atoms with Crippen molar-refractivity contribution in [3.05, 3.63) is 33.4 Å². The maximum atomic E-state index is 12.0. The van der Waals surface area contributed by atoms with Gasteiger partial charge in [-0.2, -0.15) is 0 Å². The molecule has 1 aromatic carbocycles. The molecule has 0 aromatic heterocycles. The second kappa shape index (κ2) is 7.06. The molecule has 1 saturated carbocycles. The fourth-order valence-corrected chi connectivity index (χ4v) is 3.16. The lowest BCUT2D eigenvalue weighted by Gasteiger charge is -2.26. The molecule has 1 amide bonds. The Hall–Kier alpha value is -1.11. The Labute approximate surface area is 132 Å². The topological polar surface area (TPSA) is 66.4 Å². The van der Waals surface area contributed by atoms with Gasteiger partial charge in [-0.25, -0.2) is 0 Å². The van der Waals surface area contributed by atoms with Gasteiger partial charge in [0.1, 0.15) is 0 Å². The normalized spacial score (nSPS) is 22.2. The molecule has 0 radical (unpaired) electrons. The highest BCUT2D eigenvalue weighted by Crippen LogP contribution is 2.24. The molecule has 1 aliphatic rings. The van der Waals surface area contributed by atoms with E-state index in [1.165, 1.54) is 0 Å². The summed E-state index contributed by atoms with van der Waals surface area (Å²) in [5, 5.41) is 12.0. The fraction of sp³-hybridized carbons (Fsp3) is 0.467. The monoisotopic (exact) mass is 387 g/mol. The lowest BCUT2D eigenvalue weighted by atomic mass is 9.86. The van der Waals surface area contributed by atoms with Crippen LogP contribution in [-0.4, -0.2) is 23.0 Å². The van der Waals surface area contributed by atoms with Gasteiger partial charge in [-0.3, -0.25) is 9.59 Å². The SMILES string of the molecule is O=C(Cc1ccccc1I)NC1CCC(C(=O)O)CC1. The average molecular weight is 387 g/mol. The third kappa shape index (κ3) is 4.19. The zero-order valence-corrected chi connectivity index (χ0v) is 13.3. The number of benzene rings is 1. The van der Waals surface area contributed by atoms with Crippen LogP contribution in [0, 0.1) is 9.49 Å².